The summed E-state index contributed by atoms with van der Waals surface area (Å²) in [6.07, 6.45) is 2.11. The van der Waals surface area contributed by atoms with Crippen molar-refractivity contribution in [3.05, 3.63) is 35.9 Å². The molecule has 0 aliphatic heterocycles. The van der Waals surface area contributed by atoms with Crippen molar-refractivity contribution < 1.29 is 23.9 Å². The van der Waals surface area contributed by atoms with Crippen LogP contribution in [-0.4, -0.2) is 49.2 Å². The van der Waals surface area contributed by atoms with Crippen molar-refractivity contribution in [1.29, 1.82) is 0 Å². The minimum absolute atomic E-state index is 0.113. The van der Waals surface area contributed by atoms with Crippen molar-refractivity contribution in [2.75, 3.05) is 19.1 Å². The second kappa shape index (κ2) is 13.0. The number of methoxy groups -OCH3 is 1. The molecule has 28 heavy (non-hydrogen) atoms. The van der Waals surface area contributed by atoms with Crippen LogP contribution in [0.1, 0.15) is 32.3 Å². The Morgan fingerprint density at radius 2 is 1.75 bits per heavy atom. The minimum Gasteiger partial charge on any atom is -0.467 e. The first-order valence-electron chi connectivity index (χ1n) is 9.21. The van der Waals surface area contributed by atoms with Gasteiger partial charge in [0.1, 0.15) is 18.7 Å². The summed E-state index contributed by atoms with van der Waals surface area (Å²) in [6.45, 7) is 4.01. The third-order valence-electron chi connectivity index (χ3n) is 3.94. The van der Waals surface area contributed by atoms with Crippen LogP contribution in [0.3, 0.4) is 0 Å². The second-order valence-corrected chi connectivity index (χ2v) is 7.74. The molecule has 0 saturated heterocycles. The van der Waals surface area contributed by atoms with Crippen LogP contribution in [0.2, 0.25) is 0 Å². The Kier molecular flexibility index (Phi) is 11.1. The molecule has 0 unspecified atom stereocenters. The molecule has 0 fully saturated rings. The van der Waals surface area contributed by atoms with E-state index in [0.717, 1.165) is 5.56 Å². The molecule has 1 rings (SSSR count). The summed E-state index contributed by atoms with van der Waals surface area (Å²) in [6, 6.07) is 7.73. The number of hydrogen-bond acceptors (Lipinski definition) is 6. The van der Waals surface area contributed by atoms with Gasteiger partial charge in [0.25, 0.3) is 0 Å². The average Bonchev–Trinajstić information content (AvgIpc) is 2.68. The molecule has 0 aliphatic rings. The normalized spacial score (nSPS) is 12.8. The molecule has 156 valence electrons. The van der Waals surface area contributed by atoms with E-state index < -0.39 is 30.1 Å². The topological polar surface area (TPSA) is 93.7 Å². The van der Waals surface area contributed by atoms with Crippen LogP contribution in [0.4, 0.5) is 4.79 Å². The third kappa shape index (κ3) is 9.12. The van der Waals surface area contributed by atoms with Gasteiger partial charge in [0.15, 0.2) is 0 Å². The molecule has 8 heteroatoms. The largest absolute Gasteiger partial charge is 0.467 e. The fourth-order valence-corrected chi connectivity index (χ4v) is 2.98. The summed E-state index contributed by atoms with van der Waals surface area (Å²) in [5.74, 6) is -0.0682. The Labute approximate surface area is 170 Å². The number of carbonyl (C=O) groups excluding carboxylic acids is 3. The van der Waals surface area contributed by atoms with E-state index in [9.17, 15) is 14.4 Å². The third-order valence-corrected chi connectivity index (χ3v) is 4.59. The van der Waals surface area contributed by atoms with E-state index in [0.29, 0.717) is 18.6 Å². The van der Waals surface area contributed by atoms with Crippen LogP contribution in [0.5, 0.6) is 0 Å². The molecule has 2 atom stereocenters. The van der Waals surface area contributed by atoms with Gasteiger partial charge < -0.3 is 20.1 Å². The fraction of sp³-hybridized carbons (Fsp3) is 0.550. The van der Waals surface area contributed by atoms with Gasteiger partial charge in [0, 0.05) is 0 Å². The first-order chi connectivity index (χ1) is 13.4. The number of ether oxygens (including phenoxy) is 2. The van der Waals surface area contributed by atoms with Crippen LogP contribution in [-0.2, 0) is 25.7 Å². The van der Waals surface area contributed by atoms with Gasteiger partial charge in [-0.15, -0.1) is 0 Å². The Bertz CT molecular complexity index is 624. The number of alkyl carbamates (subject to hydrolysis) is 1. The number of thioether (sulfide) groups is 1. The van der Waals surface area contributed by atoms with Crippen LogP contribution in [0.25, 0.3) is 0 Å². The zero-order valence-electron chi connectivity index (χ0n) is 16.9. The highest BCUT2D eigenvalue weighted by molar-refractivity contribution is 7.98. The Morgan fingerprint density at radius 3 is 2.32 bits per heavy atom. The van der Waals surface area contributed by atoms with E-state index >= 15 is 0 Å². The highest BCUT2D eigenvalue weighted by Crippen LogP contribution is 2.09. The molecule has 0 heterocycles. The van der Waals surface area contributed by atoms with Gasteiger partial charge in [-0.3, -0.25) is 4.79 Å². The summed E-state index contributed by atoms with van der Waals surface area (Å²) < 4.78 is 9.97. The zero-order valence-corrected chi connectivity index (χ0v) is 17.7. The summed E-state index contributed by atoms with van der Waals surface area (Å²) in [5.41, 5.74) is 0.852. The zero-order chi connectivity index (χ0) is 20.9. The molecule has 0 aromatic heterocycles. The number of hydrogen-bond donors (Lipinski definition) is 2. The number of benzene rings is 1. The maximum atomic E-state index is 12.7. The van der Waals surface area contributed by atoms with Crippen LogP contribution in [0.15, 0.2) is 30.3 Å². The van der Waals surface area contributed by atoms with Crippen molar-refractivity contribution in [1.82, 2.24) is 10.6 Å². The van der Waals surface area contributed by atoms with Gasteiger partial charge in [-0.2, -0.15) is 11.8 Å². The average molecular weight is 411 g/mol. The van der Waals surface area contributed by atoms with Gasteiger partial charge in [-0.25, -0.2) is 9.59 Å². The summed E-state index contributed by atoms with van der Waals surface area (Å²) in [7, 11) is 1.28. The van der Waals surface area contributed by atoms with E-state index in [2.05, 4.69) is 10.6 Å². The van der Waals surface area contributed by atoms with Gasteiger partial charge in [-0.1, -0.05) is 44.2 Å². The van der Waals surface area contributed by atoms with Crippen molar-refractivity contribution in [3.8, 4) is 0 Å². The van der Waals surface area contributed by atoms with Crippen molar-refractivity contribution >= 4 is 29.7 Å². The molecule has 0 saturated carbocycles. The van der Waals surface area contributed by atoms with Gasteiger partial charge in [-0.05, 0) is 36.3 Å². The van der Waals surface area contributed by atoms with Crippen LogP contribution in [0, 0.1) is 5.92 Å². The lowest BCUT2D eigenvalue weighted by atomic mass is 10.0. The molecule has 1 aromatic carbocycles. The van der Waals surface area contributed by atoms with Crippen LogP contribution < -0.4 is 10.6 Å². The van der Waals surface area contributed by atoms with Crippen molar-refractivity contribution in [2.24, 2.45) is 5.92 Å². The molecular formula is C20H30N2O5S. The van der Waals surface area contributed by atoms with Gasteiger partial charge in [0.05, 0.1) is 7.11 Å². The van der Waals surface area contributed by atoms with Crippen molar-refractivity contribution in [2.45, 2.75) is 45.4 Å². The molecular weight excluding hydrogens is 380 g/mol. The fourth-order valence-electron chi connectivity index (χ4n) is 2.51. The highest BCUT2D eigenvalue weighted by Gasteiger charge is 2.28. The summed E-state index contributed by atoms with van der Waals surface area (Å²) in [5, 5.41) is 5.29. The highest BCUT2D eigenvalue weighted by atomic mass is 32.2. The lowest BCUT2D eigenvalue weighted by Crippen LogP contribution is -2.52. The van der Waals surface area contributed by atoms with Gasteiger partial charge in [0.2, 0.25) is 5.91 Å². The number of rotatable bonds is 11. The number of carbonyl (C=O) groups is 3. The standard InChI is InChI=1S/C20H30N2O5S/c1-14(2)12-17(19(24)26-3)21-18(23)16(10-11-28-4)22-20(25)27-13-15-8-6-5-7-9-15/h5-9,14,16-17H,10-13H2,1-4H3,(H,21,23)(H,22,25)/t16-,17-/m0/s1. The van der Waals surface area contributed by atoms with E-state index in [1.165, 1.54) is 7.11 Å². The lowest BCUT2D eigenvalue weighted by Gasteiger charge is -2.23. The SMILES string of the molecule is COC(=O)[C@H](CC(C)C)NC(=O)[C@H](CCSC)NC(=O)OCc1ccccc1. The number of esters is 1. The van der Waals surface area contributed by atoms with Crippen LogP contribution >= 0.6 is 11.8 Å². The number of amides is 2. The van der Waals surface area contributed by atoms with Gasteiger partial charge >= 0.3 is 12.1 Å². The molecule has 0 spiro atoms. The van der Waals surface area contributed by atoms with E-state index in [-0.39, 0.29) is 12.5 Å². The minimum atomic E-state index is -0.796. The molecule has 7 nitrogen and oxygen atoms in total. The Morgan fingerprint density at radius 1 is 1.07 bits per heavy atom. The van der Waals surface area contributed by atoms with E-state index in [1.54, 1.807) is 11.8 Å². The second-order valence-electron chi connectivity index (χ2n) is 6.75. The van der Waals surface area contributed by atoms with E-state index in [1.807, 2.05) is 50.4 Å². The predicted molar refractivity (Wildman–Crippen MR) is 110 cm³/mol. The first kappa shape index (κ1) is 23.8. The summed E-state index contributed by atoms with van der Waals surface area (Å²) in [4.78, 5) is 36.8. The summed E-state index contributed by atoms with van der Waals surface area (Å²) >= 11 is 1.56. The molecule has 1 aromatic rings. The van der Waals surface area contributed by atoms with E-state index in [4.69, 9.17) is 9.47 Å². The maximum absolute atomic E-state index is 12.7. The number of nitrogens with one attached hydrogen (secondary N) is 2. The smallest absolute Gasteiger partial charge is 0.408 e. The predicted octanol–water partition coefficient (Wildman–Crippen LogP) is 2.74. The lowest BCUT2D eigenvalue weighted by molar-refractivity contribution is -0.145. The molecule has 0 radical (unpaired) electrons. The maximum Gasteiger partial charge on any atom is 0.408 e. The quantitative estimate of drug-likeness (QED) is 0.545. The van der Waals surface area contributed by atoms with Crippen molar-refractivity contribution in [3.63, 3.8) is 0 Å². The molecule has 2 amide bonds. The molecule has 2 N–H and O–H groups in total. The molecule has 0 aliphatic carbocycles. The first-order valence-corrected chi connectivity index (χ1v) is 10.6. The Balaban J connectivity index is 2.69. The Hall–Kier alpha value is -2.22. The monoisotopic (exact) mass is 410 g/mol. The molecule has 0 bridgehead atoms.